The molecule has 5 heterocycles. The number of nitrogens with zero attached hydrogens (tertiary/aromatic N) is 5. The van der Waals surface area contributed by atoms with Gasteiger partial charge in [-0.25, -0.2) is 14.4 Å². The number of H-pyrrole nitrogens is 1. The van der Waals surface area contributed by atoms with Gasteiger partial charge in [0.2, 0.25) is 0 Å². The van der Waals surface area contributed by atoms with Crippen LogP contribution >= 0.6 is 0 Å². The number of hydrogen-bond donors (Lipinski definition) is 1. The molecule has 7 nitrogen and oxygen atoms in total. The molecule has 232 valence electrons. The molecule has 0 aliphatic carbocycles. The number of likely N-dealkylation sites (tertiary alicyclic amines) is 1. The van der Waals surface area contributed by atoms with Crippen molar-refractivity contribution in [2.24, 2.45) is 0 Å². The third kappa shape index (κ3) is 4.94. The molecule has 0 spiro atoms. The van der Waals surface area contributed by atoms with Gasteiger partial charge in [0.25, 0.3) is 5.91 Å². The lowest BCUT2D eigenvalue weighted by Crippen LogP contribution is -2.49. The van der Waals surface area contributed by atoms with E-state index in [0.29, 0.717) is 36.8 Å². The van der Waals surface area contributed by atoms with Gasteiger partial charge in [-0.1, -0.05) is 30.3 Å². The molecule has 3 fully saturated rings. The number of aromatic amines is 1. The Morgan fingerprint density at radius 2 is 1.69 bits per heavy atom. The van der Waals surface area contributed by atoms with Crippen LogP contribution in [0.4, 0.5) is 4.39 Å². The van der Waals surface area contributed by atoms with Crippen molar-refractivity contribution in [1.82, 2.24) is 29.3 Å². The van der Waals surface area contributed by atoms with E-state index in [-0.39, 0.29) is 17.1 Å². The third-order valence-corrected chi connectivity index (χ3v) is 11.2. The Morgan fingerprint density at radius 3 is 2.47 bits per heavy atom. The lowest BCUT2D eigenvalue weighted by Gasteiger charge is -2.45. The Kier molecular flexibility index (Phi) is 7.01. The summed E-state index contributed by atoms with van der Waals surface area (Å²) in [6.45, 7) is 6.36. The number of fused-ring (bicyclic) bond motifs is 4. The smallest absolute Gasteiger partial charge is 0.256 e. The van der Waals surface area contributed by atoms with E-state index in [4.69, 9.17) is 4.98 Å². The molecule has 2 aromatic heterocycles. The first-order valence-electron chi connectivity index (χ1n) is 16.6. The van der Waals surface area contributed by atoms with Crippen molar-refractivity contribution in [2.45, 2.75) is 82.3 Å². The van der Waals surface area contributed by atoms with Gasteiger partial charge >= 0.3 is 0 Å². The van der Waals surface area contributed by atoms with Crippen molar-refractivity contribution in [3.63, 3.8) is 0 Å². The van der Waals surface area contributed by atoms with Gasteiger partial charge in [0.15, 0.2) is 0 Å². The quantitative estimate of drug-likeness (QED) is 0.225. The van der Waals surface area contributed by atoms with E-state index in [9.17, 15) is 9.18 Å². The zero-order valence-electron chi connectivity index (χ0n) is 26.2. The Labute approximate surface area is 263 Å². The first kappa shape index (κ1) is 28.4. The number of aryl methyl sites for hydroxylation is 2. The number of benzene rings is 3. The van der Waals surface area contributed by atoms with Crippen molar-refractivity contribution in [2.75, 3.05) is 19.6 Å². The summed E-state index contributed by atoms with van der Waals surface area (Å²) < 4.78 is 17.1. The Balaban J connectivity index is 1.00. The van der Waals surface area contributed by atoms with Crippen LogP contribution in [-0.2, 0) is 5.41 Å². The van der Waals surface area contributed by atoms with Crippen LogP contribution in [0.2, 0.25) is 0 Å². The fourth-order valence-corrected chi connectivity index (χ4v) is 8.93. The molecule has 3 saturated heterocycles. The van der Waals surface area contributed by atoms with Gasteiger partial charge in [0.1, 0.15) is 23.0 Å². The highest BCUT2D eigenvalue weighted by atomic mass is 19.1. The molecular weight excluding hydrogens is 563 g/mol. The number of halogens is 1. The second-order valence-corrected chi connectivity index (χ2v) is 13.6. The minimum absolute atomic E-state index is 0.0300. The van der Waals surface area contributed by atoms with Gasteiger partial charge < -0.3 is 14.5 Å². The Morgan fingerprint density at radius 1 is 0.933 bits per heavy atom. The summed E-state index contributed by atoms with van der Waals surface area (Å²) in [5.74, 6) is 1.76. The monoisotopic (exact) mass is 604 g/mol. The first-order valence-corrected chi connectivity index (χ1v) is 16.6. The minimum atomic E-state index is -0.185. The summed E-state index contributed by atoms with van der Waals surface area (Å²) in [5, 5.41) is 0. The van der Waals surface area contributed by atoms with Crippen LogP contribution in [0.1, 0.15) is 78.6 Å². The van der Waals surface area contributed by atoms with Crippen LogP contribution in [0.25, 0.3) is 22.1 Å². The van der Waals surface area contributed by atoms with E-state index in [1.54, 1.807) is 6.07 Å². The molecule has 0 unspecified atom stereocenters. The number of para-hydroxylation sites is 3. The topological polar surface area (TPSA) is 70.1 Å². The molecule has 1 amide bonds. The van der Waals surface area contributed by atoms with Crippen molar-refractivity contribution in [1.29, 1.82) is 0 Å². The molecule has 45 heavy (non-hydrogen) atoms. The number of piperidine rings is 2. The number of carbonyl (C=O) groups excluding carboxylic acids is 1. The summed E-state index contributed by atoms with van der Waals surface area (Å²) in [6.07, 6.45) is 7.38. The van der Waals surface area contributed by atoms with E-state index < -0.39 is 0 Å². The van der Waals surface area contributed by atoms with Crippen molar-refractivity contribution in [3.8, 4) is 0 Å². The van der Waals surface area contributed by atoms with E-state index in [1.807, 2.05) is 36.1 Å². The number of nitrogens with one attached hydrogen (secondary N) is 1. The number of carbonyl (C=O) groups is 1. The molecule has 8 heteroatoms. The number of aromatic nitrogens is 4. The molecule has 0 radical (unpaired) electrons. The van der Waals surface area contributed by atoms with Gasteiger partial charge in [-0.05, 0) is 113 Å². The molecular formula is C37H41FN6O. The maximum atomic E-state index is 14.6. The molecule has 3 aliphatic heterocycles. The lowest BCUT2D eigenvalue weighted by atomic mass is 9.70. The second-order valence-electron chi connectivity index (χ2n) is 13.6. The van der Waals surface area contributed by atoms with Gasteiger partial charge in [-0.2, -0.15) is 0 Å². The molecule has 3 aliphatic rings. The summed E-state index contributed by atoms with van der Waals surface area (Å²) in [5.41, 5.74) is 5.51. The van der Waals surface area contributed by atoms with Crippen LogP contribution in [0.15, 0.2) is 66.7 Å². The lowest BCUT2D eigenvalue weighted by molar-refractivity contribution is 0.0608. The molecule has 3 atom stereocenters. The van der Waals surface area contributed by atoms with Crippen LogP contribution < -0.4 is 0 Å². The van der Waals surface area contributed by atoms with Crippen LogP contribution in [-0.4, -0.2) is 66.9 Å². The predicted molar refractivity (Wildman–Crippen MR) is 175 cm³/mol. The van der Waals surface area contributed by atoms with E-state index >= 15 is 0 Å². The summed E-state index contributed by atoms with van der Waals surface area (Å²) >= 11 is 0. The SMILES string of the molecule is Cc1nc2c(C(=O)N3CCC(CCN4[C@@H]5CC[C@H]4C[C@@H](n4c(C)nc6ccccc64)C5)(c4cccc(F)c4)CC3)cccc2[nH]1. The molecule has 2 bridgehead atoms. The Hall–Kier alpha value is -4.04. The van der Waals surface area contributed by atoms with E-state index in [2.05, 4.69) is 56.7 Å². The van der Waals surface area contributed by atoms with Crippen molar-refractivity contribution < 1.29 is 9.18 Å². The fraction of sp³-hybridized carbons (Fsp3) is 0.432. The highest BCUT2D eigenvalue weighted by Gasteiger charge is 2.44. The van der Waals surface area contributed by atoms with Crippen LogP contribution in [0, 0.1) is 19.7 Å². The highest BCUT2D eigenvalue weighted by Crippen LogP contribution is 2.45. The number of hydrogen-bond acceptors (Lipinski definition) is 4. The van der Waals surface area contributed by atoms with Crippen molar-refractivity contribution >= 4 is 28.0 Å². The highest BCUT2D eigenvalue weighted by molar-refractivity contribution is 6.05. The maximum Gasteiger partial charge on any atom is 0.256 e. The van der Waals surface area contributed by atoms with Gasteiger partial charge in [-0.3, -0.25) is 9.69 Å². The standard InChI is InChI=1S/C37H41FN6O/c1-24-39-33-11-6-9-31(35(33)40-24)36(45)42-18-15-37(16-19-42,26-7-5-8-27(38)21-26)17-20-43-28-13-14-29(43)23-30(22-28)44-25(2)41-32-10-3-4-12-34(32)44/h3-12,21,28-30H,13-20,22-23H2,1-2H3,(H,39,40)/t28-,29+,30+. The Bertz CT molecular complexity index is 1870. The molecule has 8 rings (SSSR count). The maximum absolute atomic E-state index is 14.6. The summed E-state index contributed by atoms with van der Waals surface area (Å²) in [4.78, 5) is 31.2. The number of rotatable bonds is 6. The number of amides is 1. The summed E-state index contributed by atoms with van der Waals surface area (Å²) in [7, 11) is 0. The fourth-order valence-electron chi connectivity index (χ4n) is 8.93. The predicted octanol–water partition coefficient (Wildman–Crippen LogP) is 7.10. The van der Waals surface area contributed by atoms with Gasteiger partial charge in [-0.15, -0.1) is 0 Å². The van der Waals surface area contributed by atoms with Gasteiger partial charge in [0, 0.05) is 31.2 Å². The van der Waals surface area contributed by atoms with E-state index in [1.165, 1.54) is 24.4 Å². The molecule has 3 aromatic carbocycles. The van der Waals surface area contributed by atoms with Crippen LogP contribution in [0.5, 0.6) is 0 Å². The number of imidazole rings is 2. The third-order valence-electron chi connectivity index (χ3n) is 11.2. The molecule has 5 aromatic rings. The second kappa shape index (κ2) is 11.1. The molecule has 1 N–H and O–H groups in total. The average molecular weight is 605 g/mol. The van der Waals surface area contributed by atoms with Crippen molar-refractivity contribution in [3.05, 3.63) is 95.3 Å². The zero-order valence-corrected chi connectivity index (χ0v) is 26.2. The largest absolute Gasteiger partial charge is 0.342 e. The van der Waals surface area contributed by atoms with Gasteiger partial charge in [0.05, 0.1) is 22.1 Å². The van der Waals surface area contributed by atoms with Crippen LogP contribution in [0.3, 0.4) is 0 Å². The molecule has 0 saturated carbocycles. The van der Waals surface area contributed by atoms with E-state index in [0.717, 1.165) is 72.4 Å². The minimum Gasteiger partial charge on any atom is -0.342 e. The average Bonchev–Trinajstić information content (AvgIpc) is 3.67. The zero-order chi connectivity index (χ0) is 30.7. The summed E-state index contributed by atoms with van der Waals surface area (Å²) in [6, 6.07) is 23.1. The first-order chi connectivity index (χ1) is 21.9. The normalized spacial score (nSPS) is 23.3.